The van der Waals surface area contributed by atoms with Gasteiger partial charge in [-0.2, -0.15) is 0 Å². The first-order chi connectivity index (χ1) is 9.72. The largest absolute Gasteiger partial charge is 0.497 e. The third-order valence-electron chi connectivity index (χ3n) is 3.04. The molecule has 2 N–H and O–H groups in total. The summed E-state index contributed by atoms with van der Waals surface area (Å²) in [6.45, 7) is 1.69. The number of benzene rings is 2. The van der Waals surface area contributed by atoms with Gasteiger partial charge in [-0.3, -0.25) is 0 Å². The number of hydrogen-bond donors (Lipinski definition) is 1. The van der Waals surface area contributed by atoms with Gasteiger partial charge in [0.2, 0.25) is 0 Å². The van der Waals surface area contributed by atoms with E-state index in [0.29, 0.717) is 19.8 Å². The maximum absolute atomic E-state index is 5.73. The van der Waals surface area contributed by atoms with E-state index in [0.717, 1.165) is 26.9 Å². The second kappa shape index (κ2) is 7.43. The molecule has 0 atom stereocenters. The Labute approximate surface area is 127 Å². The van der Waals surface area contributed by atoms with Crippen molar-refractivity contribution >= 4 is 15.9 Å². The lowest BCUT2D eigenvalue weighted by Gasteiger charge is -2.08. The van der Waals surface area contributed by atoms with Crippen molar-refractivity contribution in [3.8, 4) is 5.75 Å². The lowest BCUT2D eigenvalue weighted by atomic mass is 10.1. The Kier molecular flexibility index (Phi) is 5.59. The molecule has 106 valence electrons. The number of halogens is 1. The zero-order chi connectivity index (χ0) is 14.4. The first kappa shape index (κ1) is 15.0. The molecule has 4 heteroatoms. The average Bonchev–Trinajstić information content (AvgIpc) is 2.49. The molecule has 3 nitrogen and oxygen atoms in total. The Morgan fingerprint density at radius 1 is 1.00 bits per heavy atom. The van der Waals surface area contributed by atoms with Crippen LogP contribution in [0.2, 0.25) is 0 Å². The van der Waals surface area contributed by atoms with Crippen LogP contribution in [0.1, 0.15) is 16.7 Å². The number of hydrogen-bond acceptors (Lipinski definition) is 3. The van der Waals surface area contributed by atoms with E-state index in [4.69, 9.17) is 15.2 Å². The van der Waals surface area contributed by atoms with Gasteiger partial charge in [-0.15, -0.1) is 0 Å². The fourth-order valence-electron chi connectivity index (χ4n) is 1.84. The smallest absolute Gasteiger partial charge is 0.118 e. The highest BCUT2D eigenvalue weighted by Crippen LogP contribution is 2.20. The van der Waals surface area contributed by atoms with Crippen LogP contribution < -0.4 is 10.5 Å². The first-order valence-corrected chi connectivity index (χ1v) is 7.20. The van der Waals surface area contributed by atoms with Crippen molar-refractivity contribution in [3.63, 3.8) is 0 Å². The maximum Gasteiger partial charge on any atom is 0.118 e. The molecule has 0 spiro atoms. The summed E-state index contributed by atoms with van der Waals surface area (Å²) in [5.74, 6) is 0.855. The molecule has 0 fully saturated rings. The van der Waals surface area contributed by atoms with Crippen LogP contribution in [0.3, 0.4) is 0 Å². The normalized spacial score (nSPS) is 10.6. The third-order valence-corrected chi connectivity index (χ3v) is 3.78. The van der Waals surface area contributed by atoms with E-state index in [2.05, 4.69) is 15.9 Å². The summed E-state index contributed by atoms with van der Waals surface area (Å²) < 4.78 is 11.9. The molecule has 0 radical (unpaired) electrons. The highest BCUT2D eigenvalue weighted by Gasteiger charge is 2.02. The SMILES string of the molecule is COc1ccc(COCc2ccc(CN)cc2Br)cc1. The van der Waals surface area contributed by atoms with Gasteiger partial charge in [0.05, 0.1) is 20.3 Å². The van der Waals surface area contributed by atoms with E-state index in [1.54, 1.807) is 7.11 Å². The minimum atomic E-state index is 0.547. The van der Waals surface area contributed by atoms with E-state index in [9.17, 15) is 0 Å². The molecule has 2 aromatic carbocycles. The lowest BCUT2D eigenvalue weighted by molar-refractivity contribution is 0.106. The Morgan fingerprint density at radius 3 is 2.30 bits per heavy atom. The van der Waals surface area contributed by atoms with Gasteiger partial charge in [0.25, 0.3) is 0 Å². The molecule has 0 heterocycles. The molecule has 20 heavy (non-hydrogen) atoms. The average molecular weight is 336 g/mol. The number of rotatable bonds is 6. The molecule has 0 amide bonds. The van der Waals surface area contributed by atoms with Crippen LogP contribution in [-0.2, 0) is 24.5 Å². The van der Waals surface area contributed by atoms with Gasteiger partial charge in [-0.25, -0.2) is 0 Å². The van der Waals surface area contributed by atoms with Crippen LogP contribution in [0.4, 0.5) is 0 Å². The minimum Gasteiger partial charge on any atom is -0.497 e. The van der Waals surface area contributed by atoms with Crippen molar-refractivity contribution in [2.24, 2.45) is 5.73 Å². The van der Waals surface area contributed by atoms with Gasteiger partial charge in [0.15, 0.2) is 0 Å². The van der Waals surface area contributed by atoms with E-state index >= 15 is 0 Å². The van der Waals surface area contributed by atoms with E-state index in [-0.39, 0.29) is 0 Å². The first-order valence-electron chi connectivity index (χ1n) is 6.41. The van der Waals surface area contributed by atoms with Crippen LogP contribution in [-0.4, -0.2) is 7.11 Å². The number of nitrogens with two attached hydrogens (primary N) is 1. The van der Waals surface area contributed by atoms with Crippen molar-refractivity contribution in [2.45, 2.75) is 19.8 Å². The summed E-state index contributed by atoms with van der Waals surface area (Å²) in [4.78, 5) is 0. The second-order valence-corrected chi connectivity index (χ2v) is 5.33. The van der Waals surface area contributed by atoms with Gasteiger partial charge in [-0.1, -0.05) is 40.2 Å². The van der Waals surface area contributed by atoms with Gasteiger partial charge < -0.3 is 15.2 Å². The molecular weight excluding hydrogens is 318 g/mol. The summed E-state index contributed by atoms with van der Waals surface area (Å²) >= 11 is 3.54. The Bertz CT molecular complexity index is 555. The van der Waals surface area contributed by atoms with E-state index in [1.807, 2.05) is 42.5 Å². The molecule has 0 bridgehead atoms. The van der Waals surface area contributed by atoms with Gasteiger partial charge in [0.1, 0.15) is 5.75 Å². The Balaban J connectivity index is 1.88. The van der Waals surface area contributed by atoms with Crippen LogP contribution in [0.15, 0.2) is 46.9 Å². The summed E-state index contributed by atoms with van der Waals surface area (Å²) in [6, 6.07) is 14.0. The molecule has 0 aliphatic rings. The van der Waals surface area contributed by atoms with Gasteiger partial charge in [0, 0.05) is 11.0 Å². The lowest BCUT2D eigenvalue weighted by Crippen LogP contribution is -1.99. The second-order valence-electron chi connectivity index (χ2n) is 4.47. The van der Waals surface area contributed by atoms with E-state index < -0.39 is 0 Å². The van der Waals surface area contributed by atoms with Crippen LogP contribution >= 0.6 is 15.9 Å². The summed E-state index contributed by atoms with van der Waals surface area (Å²) in [5.41, 5.74) is 8.96. The van der Waals surface area contributed by atoms with Crippen LogP contribution in [0, 0.1) is 0 Å². The van der Waals surface area contributed by atoms with Crippen LogP contribution in [0.25, 0.3) is 0 Å². The molecule has 0 saturated carbocycles. The number of methoxy groups -OCH3 is 1. The predicted molar refractivity (Wildman–Crippen MR) is 83.5 cm³/mol. The predicted octanol–water partition coefficient (Wildman–Crippen LogP) is 3.63. The van der Waals surface area contributed by atoms with Gasteiger partial charge >= 0.3 is 0 Å². The fraction of sp³-hybridized carbons (Fsp3) is 0.250. The highest BCUT2D eigenvalue weighted by atomic mass is 79.9. The fourth-order valence-corrected chi connectivity index (χ4v) is 2.38. The maximum atomic E-state index is 5.73. The molecule has 0 saturated heterocycles. The molecular formula is C16H18BrNO2. The van der Waals surface area contributed by atoms with Crippen LogP contribution in [0.5, 0.6) is 5.75 Å². The molecule has 0 aromatic heterocycles. The minimum absolute atomic E-state index is 0.547. The monoisotopic (exact) mass is 335 g/mol. The topological polar surface area (TPSA) is 44.5 Å². The number of ether oxygens (including phenoxy) is 2. The standard InChI is InChI=1S/C16H18BrNO2/c1-19-15-6-3-12(4-7-15)10-20-11-14-5-2-13(9-18)8-16(14)17/h2-8H,9-11,18H2,1H3. The van der Waals surface area contributed by atoms with Crippen molar-refractivity contribution in [2.75, 3.05) is 7.11 Å². The zero-order valence-electron chi connectivity index (χ0n) is 11.4. The Morgan fingerprint density at radius 2 is 1.70 bits per heavy atom. The highest BCUT2D eigenvalue weighted by molar-refractivity contribution is 9.10. The third kappa shape index (κ3) is 4.07. The molecule has 0 aliphatic heterocycles. The van der Waals surface area contributed by atoms with Crippen molar-refractivity contribution in [3.05, 3.63) is 63.6 Å². The molecule has 0 aliphatic carbocycles. The molecule has 2 aromatic rings. The van der Waals surface area contributed by atoms with Crippen molar-refractivity contribution in [1.82, 2.24) is 0 Å². The molecule has 0 unspecified atom stereocenters. The van der Waals surface area contributed by atoms with E-state index in [1.165, 1.54) is 0 Å². The quantitative estimate of drug-likeness (QED) is 0.876. The summed E-state index contributed by atoms with van der Waals surface area (Å²) in [5, 5.41) is 0. The van der Waals surface area contributed by atoms with Gasteiger partial charge in [-0.05, 0) is 34.9 Å². The summed E-state index contributed by atoms with van der Waals surface area (Å²) in [6.07, 6.45) is 0. The Hall–Kier alpha value is -1.36. The molecule has 2 rings (SSSR count). The van der Waals surface area contributed by atoms with Crippen molar-refractivity contribution < 1.29 is 9.47 Å². The van der Waals surface area contributed by atoms with Crippen molar-refractivity contribution in [1.29, 1.82) is 0 Å². The zero-order valence-corrected chi connectivity index (χ0v) is 13.0. The summed E-state index contributed by atoms with van der Waals surface area (Å²) in [7, 11) is 1.66.